The first-order valence-corrected chi connectivity index (χ1v) is 8.14. The maximum atomic E-state index is 13.1. The molecular weight excluding hydrogens is 334 g/mol. The topological polar surface area (TPSA) is 96.5 Å². The van der Waals surface area contributed by atoms with Crippen molar-refractivity contribution < 1.29 is 14.5 Å². The average Bonchev–Trinajstić information content (AvgIpc) is 3.12. The quantitative estimate of drug-likeness (QED) is 0.622. The van der Waals surface area contributed by atoms with E-state index in [1.165, 1.54) is 30.2 Å². The number of benzene rings is 2. The van der Waals surface area contributed by atoms with Gasteiger partial charge in [0.05, 0.1) is 18.1 Å². The third-order valence-corrected chi connectivity index (χ3v) is 4.69. The number of nitro groups is 1. The zero-order valence-electron chi connectivity index (χ0n) is 14.2. The van der Waals surface area contributed by atoms with Crippen molar-refractivity contribution in [3.8, 4) is 11.8 Å². The summed E-state index contributed by atoms with van der Waals surface area (Å²) in [6.45, 7) is 0.418. The molecule has 26 heavy (non-hydrogen) atoms. The average molecular weight is 351 g/mol. The van der Waals surface area contributed by atoms with Gasteiger partial charge in [0.15, 0.2) is 11.3 Å². The van der Waals surface area contributed by atoms with Crippen molar-refractivity contribution >= 4 is 11.6 Å². The second-order valence-electron chi connectivity index (χ2n) is 6.04. The maximum Gasteiger partial charge on any atom is 0.311 e. The number of methoxy groups -OCH3 is 1. The lowest BCUT2D eigenvalue weighted by atomic mass is 9.88. The number of carbonyl (C=O) groups is 1. The third-order valence-electron chi connectivity index (χ3n) is 4.69. The van der Waals surface area contributed by atoms with E-state index in [1.807, 2.05) is 30.3 Å². The van der Waals surface area contributed by atoms with E-state index >= 15 is 0 Å². The fourth-order valence-corrected chi connectivity index (χ4v) is 3.41. The van der Waals surface area contributed by atoms with Gasteiger partial charge in [0.25, 0.3) is 5.91 Å². The SMILES string of the molecule is COc1ccc(C(=O)N2CCC[C@@]2(C#N)c2ccccc2)cc1[N+](=O)[O-]. The number of likely N-dealkylation sites (tertiary alicyclic amines) is 1. The Morgan fingerprint density at radius 3 is 2.65 bits per heavy atom. The highest BCUT2D eigenvalue weighted by Gasteiger charge is 2.46. The molecule has 1 aliphatic heterocycles. The minimum Gasteiger partial charge on any atom is -0.490 e. The minimum atomic E-state index is -1.06. The Labute approximate surface area is 150 Å². The minimum absolute atomic E-state index is 0.0857. The summed E-state index contributed by atoms with van der Waals surface area (Å²) in [5, 5.41) is 21.1. The molecule has 0 radical (unpaired) electrons. The summed E-state index contributed by atoms with van der Waals surface area (Å²) in [5.41, 5.74) is -0.432. The van der Waals surface area contributed by atoms with Gasteiger partial charge in [0.1, 0.15) is 0 Å². The summed E-state index contributed by atoms with van der Waals surface area (Å²) in [7, 11) is 1.33. The van der Waals surface area contributed by atoms with Crippen LogP contribution in [0.5, 0.6) is 5.75 Å². The molecule has 1 atom stereocenters. The number of rotatable bonds is 4. The van der Waals surface area contributed by atoms with Crippen LogP contribution in [0.2, 0.25) is 0 Å². The van der Waals surface area contributed by atoms with Crippen LogP contribution >= 0.6 is 0 Å². The van der Waals surface area contributed by atoms with Crippen molar-refractivity contribution in [1.82, 2.24) is 4.90 Å². The third kappa shape index (κ3) is 2.75. The largest absolute Gasteiger partial charge is 0.490 e. The number of nitrogens with zero attached hydrogens (tertiary/aromatic N) is 3. The highest BCUT2D eigenvalue weighted by atomic mass is 16.6. The van der Waals surface area contributed by atoms with Crippen molar-refractivity contribution in [2.24, 2.45) is 0 Å². The Morgan fingerprint density at radius 1 is 1.31 bits per heavy atom. The van der Waals surface area contributed by atoms with E-state index in [-0.39, 0.29) is 17.0 Å². The highest BCUT2D eigenvalue weighted by Crippen LogP contribution is 2.40. The summed E-state index contributed by atoms with van der Waals surface area (Å²) in [5.74, 6) is -0.318. The van der Waals surface area contributed by atoms with Crippen molar-refractivity contribution in [3.05, 3.63) is 69.8 Å². The Morgan fingerprint density at radius 2 is 2.04 bits per heavy atom. The number of carbonyl (C=O) groups excluding carboxylic acids is 1. The van der Waals surface area contributed by atoms with Crippen LogP contribution in [-0.4, -0.2) is 29.4 Å². The molecule has 0 unspecified atom stereocenters. The van der Waals surface area contributed by atoms with E-state index in [1.54, 1.807) is 0 Å². The van der Waals surface area contributed by atoms with Gasteiger partial charge in [-0.3, -0.25) is 14.9 Å². The van der Waals surface area contributed by atoms with E-state index in [0.717, 1.165) is 5.56 Å². The highest BCUT2D eigenvalue weighted by molar-refractivity contribution is 5.96. The van der Waals surface area contributed by atoms with E-state index < -0.39 is 16.4 Å². The molecular formula is C19H17N3O4. The molecule has 7 nitrogen and oxygen atoms in total. The Kier molecular flexibility index (Phi) is 4.59. The Bertz CT molecular complexity index is 891. The maximum absolute atomic E-state index is 13.1. The molecule has 132 valence electrons. The van der Waals surface area contributed by atoms with Gasteiger partial charge in [-0.25, -0.2) is 0 Å². The van der Waals surface area contributed by atoms with Crippen molar-refractivity contribution in [2.75, 3.05) is 13.7 Å². The molecule has 3 rings (SSSR count). The number of hydrogen-bond acceptors (Lipinski definition) is 5. The van der Waals surface area contributed by atoms with Crippen LogP contribution in [0.1, 0.15) is 28.8 Å². The van der Waals surface area contributed by atoms with Gasteiger partial charge < -0.3 is 9.64 Å². The molecule has 7 heteroatoms. The van der Waals surface area contributed by atoms with Crippen molar-refractivity contribution in [2.45, 2.75) is 18.4 Å². The Balaban J connectivity index is 2.03. The molecule has 0 bridgehead atoms. The van der Waals surface area contributed by atoms with Crippen molar-refractivity contribution in [1.29, 1.82) is 5.26 Å². The lowest BCUT2D eigenvalue weighted by molar-refractivity contribution is -0.385. The normalized spacial score (nSPS) is 19.0. The molecule has 2 aromatic rings. The Hall–Kier alpha value is -3.40. The van der Waals surface area contributed by atoms with Gasteiger partial charge in [-0.15, -0.1) is 0 Å². The van der Waals surface area contributed by atoms with Gasteiger partial charge in [-0.1, -0.05) is 30.3 Å². The molecule has 0 aliphatic carbocycles. The molecule has 1 heterocycles. The summed E-state index contributed by atoms with van der Waals surface area (Å²) in [6, 6.07) is 15.5. The summed E-state index contributed by atoms with van der Waals surface area (Å²) >= 11 is 0. The van der Waals surface area contributed by atoms with Crippen LogP contribution in [0.4, 0.5) is 5.69 Å². The zero-order chi connectivity index (χ0) is 18.7. The van der Waals surface area contributed by atoms with Gasteiger partial charge in [0.2, 0.25) is 0 Å². The molecule has 1 fully saturated rings. The predicted octanol–water partition coefficient (Wildman–Crippen LogP) is 3.26. The van der Waals surface area contributed by atoms with E-state index in [0.29, 0.717) is 19.4 Å². The molecule has 0 spiro atoms. The van der Waals surface area contributed by atoms with Crippen LogP contribution < -0.4 is 4.74 Å². The molecule has 1 saturated heterocycles. The van der Waals surface area contributed by atoms with Gasteiger partial charge in [-0.05, 0) is 30.5 Å². The fraction of sp³-hybridized carbons (Fsp3) is 0.263. The lowest BCUT2D eigenvalue weighted by Gasteiger charge is -2.33. The molecule has 0 aromatic heterocycles. The second-order valence-corrected chi connectivity index (χ2v) is 6.04. The number of amides is 1. The van der Waals surface area contributed by atoms with E-state index in [4.69, 9.17) is 4.74 Å². The molecule has 1 aliphatic rings. The van der Waals surface area contributed by atoms with Crippen molar-refractivity contribution in [3.63, 3.8) is 0 Å². The summed E-state index contributed by atoms with van der Waals surface area (Å²) in [4.78, 5) is 25.2. The molecule has 1 amide bonds. The lowest BCUT2D eigenvalue weighted by Crippen LogP contribution is -2.44. The van der Waals surface area contributed by atoms with Crippen LogP contribution in [0, 0.1) is 21.4 Å². The standard InChI is InChI=1S/C19H17N3O4/c1-26-17-9-8-14(12-16(17)22(24)25)18(23)21-11-5-10-19(21,13-20)15-6-3-2-4-7-15/h2-4,6-9,12H,5,10-11H2,1H3/t19-/m1/s1. The fourth-order valence-electron chi connectivity index (χ4n) is 3.41. The monoisotopic (exact) mass is 351 g/mol. The smallest absolute Gasteiger partial charge is 0.311 e. The van der Waals surface area contributed by atoms with Gasteiger partial charge in [-0.2, -0.15) is 5.26 Å². The first-order chi connectivity index (χ1) is 12.5. The number of ether oxygens (including phenoxy) is 1. The van der Waals surface area contributed by atoms with Crippen LogP contribution in [0.3, 0.4) is 0 Å². The molecule has 0 saturated carbocycles. The zero-order valence-corrected chi connectivity index (χ0v) is 14.2. The van der Waals surface area contributed by atoms with Crippen LogP contribution in [0.25, 0.3) is 0 Å². The molecule has 2 aromatic carbocycles. The van der Waals surface area contributed by atoms with Gasteiger partial charge in [0, 0.05) is 18.2 Å². The van der Waals surface area contributed by atoms with E-state index in [2.05, 4.69) is 6.07 Å². The first kappa shape index (κ1) is 17.4. The van der Waals surface area contributed by atoms with E-state index in [9.17, 15) is 20.2 Å². The summed E-state index contributed by atoms with van der Waals surface area (Å²) in [6.07, 6.45) is 1.21. The predicted molar refractivity (Wildman–Crippen MR) is 93.7 cm³/mol. The second kappa shape index (κ2) is 6.84. The number of hydrogen-bond donors (Lipinski definition) is 0. The number of nitriles is 1. The molecule has 0 N–H and O–H groups in total. The van der Waals surface area contributed by atoms with Crippen LogP contribution in [0.15, 0.2) is 48.5 Å². The van der Waals surface area contributed by atoms with Crippen LogP contribution in [-0.2, 0) is 5.54 Å². The summed E-state index contributed by atoms with van der Waals surface area (Å²) < 4.78 is 4.98. The first-order valence-electron chi connectivity index (χ1n) is 8.14. The number of nitro benzene ring substituents is 1. The van der Waals surface area contributed by atoms with Gasteiger partial charge >= 0.3 is 5.69 Å².